The molecule has 0 heterocycles. The van der Waals surface area contributed by atoms with Crippen LogP contribution in [0.3, 0.4) is 0 Å². The van der Waals surface area contributed by atoms with Crippen LogP contribution in [-0.4, -0.2) is 8.42 Å². The molecule has 0 bridgehead atoms. The van der Waals surface area contributed by atoms with Crippen molar-refractivity contribution in [3.63, 3.8) is 0 Å². The molecule has 0 unspecified atom stereocenters. The zero-order valence-corrected chi connectivity index (χ0v) is 13.3. The van der Waals surface area contributed by atoms with Crippen molar-refractivity contribution < 1.29 is 21.6 Å². The zero-order valence-electron chi connectivity index (χ0n) is 12.5. The first-order valence-corrected chi connectivity index (χ1v) is 8.24. The molecule has 2 rings (SSSR count). The van der Waals surface area contributed by atoms with Gasteiger partial charge in [0.15, 0.2) is 0 Å². The minimum atomic E-state index is -4.48. The summed E-state index contributed by atoms with van der Waals surface area (Å²) in [5, 5.41) is 9.15. The summed E-state index contributed by atoms with van der Waals surface area (Å²) in [4.78, 5) is -0.584. The summed E-state index contributed by atoms with van der Waals surface area (Å²) < 4.78 is 62.5. The van der Waals surface area contributed by atoms with E-state index in [0.29, 0.717) is 0 Å². The Morgan fingerprint density at radius 2 is 1.58 bits per heavy atom. The molecular weight excluding hydrogens is 339 g/mol. The fraction of sp³-hybridized carbons (Fsp3) is 0.118. The van der Waals surface area contributed by atoms with Crippen LogP contribution in [0.25, 0.3) is 6.08 Å². The summed E-state index contributed by atoms with van der Waals surface area (Å²) in [7, 11) is -4.03. The Kier molecular flexibility index (Phi) is 4.81. The number of sulfone groups is 1. The van der Waals surface area contributed by atoms with E-state index in [-0.39, 0.29) is 10.5 Å². The van der Waals surface area contributed by atoms with Gasteiger partial charge in [-0.3, -0.25) is 0 Å². The number of rotatable bonds is 3. The molecule has 0 aliphatic rings. The van der Waals surface area contributed by atoms with Crippen LogP contribution >= 0.6 is 0 Å². The van der Waals surface area contributed by atoms with Gasteiger partial charge in [-0.2, -0.15) is 18.4 Å². The van der Waals surface area contributed by atoms with Crippen molar-refractivity contribution in [2.24, 2.45) is 0 Å². The lowest BCUT2D eigenvalue weighted by Gasteiger charge is -2.07. The third kappa shape index (κ3) is 3.84. The van der Waals surface area contributed by atoms with Gasteiger partial charge in [0.05, 0.1) is 10.5 Å². The highest BCUT2D eigenvalue weighted by Gasteiger charge is 2.30. The van der Waals surface area contributed by atoms with Gasteiger partial charge in [0.1, 0.15) is 11.0 Å². The van der Waals surface area contributed by atoms with Crippen LogP contribution in [0.2, 0.25) is 0 Å². The minimum absolute atomic E-state index is 0.0483. The normalized spacial score (nSPS) is 12.7. The second-order valence-electron chi connectivity index (χ2n) is 5.06. The Labute approximate surface area is 137 Å². The number of hydrogen-bond acceptors (Lipinski definition) is 3. The molecule has 0 aliphatic carbocycles. The molecular formula is C17H12F3NO2S. The van der Waals surface area contributed by atoms with Crippen LogP contribution in [0.4, 0.5) is 13.2 Å². The van der Waals surface area contributed by atoms with Gasteiger partial charge in [-0.05, 0) is 42.8 Å². The third-order valence-corrected chi connectivity index (χ3v) is 4.95. The van der Waals surface area contributed by atoms with E-state index >= 15 is 0 Å². The van der Waals surface area contributed by atoms with Gasteiger partial charge in [0.2, 0.25) is 9.84 Å². The van der Waals surface area contributed by atoms with E-state index < -0.39 is 26.5 Å². The van der Waals surface area contributed by atoms with E-state index in [4.69, 9.17) is 5.26 Å². The maximum Gasteiger partial charge on any atom is 0.416 e. The van der Waals surface area contributed by atoms with Gasteiger partial charge in [0.25, 0.3) is 0 Å². The molecule has 0 amide bonds. The first kappa shape index (κ1) is 17.8. The third-order valence-electron chi connectivity index (χ3n) is 3.27. The lowest BCUT2D eigenvalue weighted by Crippen LogP contribution is -2.05. The summed E-state index contributed by atoms with van der Waals surface area (Å²) in [6.07, 6.45) is -3.43. The SMILES string of the molecule is Cc1ccc(S(=O)(=O)/C(C#N)=C/c2ccc(C(F)(F)F)cc2)cc1. The quantitative estimate of drug-likeness (QED) is 0.773. The predicted octanol–water partition coefficient (Wildman–Crippen LogP) is 4.35. The summed E-state index contributed by atoms with van der Waals surface area (Å²) >= 11 is 0. The van der Waals surface area contributed by atoms with Crippen LogP contribution < -0.4 is 0 Å². The Morgan fingerprint density at radius 3 is 2.04 bits per heavy atom. The maximum atomic E-state index is 12.5. The average Bonchev–Trinajstić information content (AvgIpc) is 2.52. The number of allylic oxidation sites excluding steroid dienone is 1. The molecule has 24 heavy (non-hydrogen) atoms. The lowest BCUT2D eigenvalue weighted by atomic mass is 10.1. The summed E-state index contributed by atoms with van der Waals surface area (Å²) in [5.41, 5.74) is 0.203. The number of nitriles is 1. The Bertz CT molecular complexity index is 904. The molecule has 0 radical (unpaired) electrons. The zero-order chi connectivity index (χ0) is 18.0. The minimum Gasteiger partial charge on any atom is -0.218 e. The average molecular weight is 351 g/mol. The summed E-state index contributed by atoms with van der Waals surface area (Å²) in [5.74, 6) is 0. The van der Waals surface area contributed by atoms with Crippen LogP contribution in [0, 0.1) is 18.3 Å². The first-order chi connectivity index (χ1) is 11.1. The van der Waals surface area contributed by atoms with Gasteiger partial charge in [0, 0.05) is 0 Å². The molecule has 0 saturated carbocycles. The largest absolute Gasteiger partial charge is 0.416 e. The molecule has 0 N–H and O–H groups in total. The van der Waals surface area contributed by atoms with Crippen molar-refractivity contribution in [2.45, 2.75) is 18.0 Å². The highest BCUT2D eigenvalue weighted by Crippen LogP contribution is 2.29. The number of aryl methyl sites for hydroxylation is 1. The van der Waals surface area contributed by atoms with Crippen LogP contribution in [-0.2, 0) is 16.0 Å². The second-order valence-corrected chi connectivity index (χ2v) is 6.97. The first-order valence-electron chi connectivity index (χ1n) is 6.75. The molecule has 2 aromatic rings. The van der Waals surface area contributed by atoms with Crippen molar-refractivity contribution in [2.75, 3.05) is 0 Å². The topological polar surface area (TPSA) is 57.9 Å². The number of alkyl halides is 3. The highest BCUT2D eigenvalue weighted by molar-refractivity contribution is 7.95. The molecule has 3 nitrogen and oxygen atoms in total. The van der Waals surface area contributed by atoms with Crippen molar-refractivity contribution in [3.05, 3.63) is 70.1 Å². The van der Waals surface area contributed by atoms with E-state index in [9.17, 15) is 21.6 Å². The smallest absolute Gasteiger partial charge is 0.218 e. The lowest BCUT2D eigenvalue weighted by molar-refractivity contribution is -0.137. The fourth-order valence-electron chi connectivity index (χ4n) is 1.93. The number of nitrogens with zero attached hydrogens (tertiary/aromatic N) is 1. The second kappa shape index (κ2) is 6.49. The summed E-state index contributed by atoms with van der Waals surface area (Å²) in [6, 6.07) is 11.4. The molecule has 7 heteroatoms. The molecule has 124 valence electrons. The Balaban J connectivity index is 2.42. The maximum absolute atomic E-state index is 12.5. The van der Waals surface area contributed by atoms with E-state index in [1.807, 2.05) is 0 Å². The molecule has 0 spiro atoms. The van der Waals surface area contributed by atoms with E-state index in [0.717, 1.165) is 35.9 Å². The standard InChI is InChI=1S/C17H12F3NO2S/c1-12-2-8-15(9-3-12)24(22,23)16(11-21)10-13-4-6-14(7-5-13)17(18,19)20/h2-10H,1H3/b16-10+. The van der Waals surface area contributed by atoms with Crippen molar-refractivity contribution in [1.82, 2.24) is 0 Å². The van der Waals surface area contributed by atoms with E-state index in [2.05, 4.69) is 0 Å². The molecule has 0 aromatic heterocycles. The van der Waals surface area contributed by atoms with Crippen LogP contribution in [0.5, 0.6) is 0 Å². The van der Waals surface area contributed by atoms with Crippen molar-refractivity contribution >= 4 is 15.9 Å². The molecule has 0 atom stereocenters. The molecule has 0 aliphatic heterocycles. The monoisotopic (exact) mass is 351 g/mol. The summed E-state index contributed by atoms with van der Waals surface area (Å²) in [6.45, 7) is 1.79. The van der Waals surface area contributed by atoms with Gasteiger partial charge < -0.3 is 0 Å². The van der Waals surface area contributed by atoms with Gasteiger partial charge >= 0.3 is 6.18 Å². The number of halogens is 3. The highest BCUT2D eigenvalue weighted by atomic mass is 32.2. The van der Waals surface area contributed by atoms with E-state index in [1.54, 1.807) is 25.1 Å². The predicted molar refractivity (Wildman–Crippen MR) is 83.4 cm³/mol. The van der Waals surface area contributed by atoms with E-state index in [1.165, 1.54) is 12.1 Å². The van der Waals surface area contributed by atoms with Gasteiger partial charge in [-0.15, -0.1) is 0 Å². The molecule has 0 saturated heterocycles. The number of benzene rings is 2. The van der Waals surface area contributed by atoms with Crippen LogP contribution in [0.1, 0.15) is 16.7 Å². The Morgan fingerprint density at radius 1 is 1.04 bits per heavy atom. The van der Waals surface area contributed by atoms with Gasteiger partial charge in [-0.1, -0.05) is 29.8 Å². The van der Waals surface area contributed by atoms with Crippen molar-refractivity contribution in [3.8, 4) is 6.07 Å². The Hall–Kier alpha value is -2.59. The molecule has 0 fully saturated rings. The van der Waals surface area contributed by atoms with Gasteiger partial charge in [-0.25, -0.2) is 8.42 Å². The molecule has 2 aromatic carbocycles. The fourth-order valence-corrected chi connectivity index (χ4v) is 3.09. The van der Waals surface area contributed by atoms with Crippen molar-refractivity contribution in [1.29, 1.82) is 5.26 Å². The van der Waals surface area contributed by atoms with Crippen LogP contribution in [0.15, 0.2) is 58.3 Å². The number of hydrogen-bond donors (Lipinski definition) is 0.